The van der Waals surface area contributed by atoms with Crippen LogP contribution in [0.2, 0.25) is 0 Å². The van der Waals surface area contributed by atoms with E-state index in [1.54, 1.807) is 31.1 Å². The van der Waals surface area contributed by atoms with Crippen molar-refractivity contribution in [2.75, 3.05) is 39.2 Å². The molecule has 0 radical (unpaired) electrons. The molecule has 2 aliphatic rings. The standard InChI is InChI=1S/C27H32F3N7O2/c1-31-14-17-4-3-16(13-33-17)19-11-22(28)23(12-20(19)25(29)30)34-26-21-15-36(27(38)32-2)8-5-24(21)37(35-26)18-6-9-39-10-7-18/h3-4,11-13,18,25,31H,5-10,14-15H2,1-2H3,(H,32,38)(H,34,35). The molecule has 3 aromatic rings. The Bertz CT molecular complexity index is 1320. The number of hydrogen-bond donors (Lipinski definition) is 3. The first-order chi connectivity index (χ1) is 18.9. The second-order valence-electron chi connectivity index (χ2n) is 9.70. The molecule has 0 spiro atoms. The molecule has 208 valence electrons. The summed E-state index contributed by atoms with van der Waals surface area (Å²) < 4.78 is 51.3. The van der Waals surface area contributed by atoms with Crippen LogP contribution in [0.5, 0.6) is 0 Å². The molecule has 1 aromatic carbocycles. The van der Waals surface area contributed by atoms with Crippen molar-refractivity contribution in [1.82, 2.24) is 30.3 Å². The number of rotatable bonds is 7. The maximum absolute atomic E-state index is 15.5. The number of nitrogens with one attached hydrogen (secondary N) is 3. The van der Waals surface area contributed by atoms with Crippen molar-refractivity contribution >= 4 is 17.5 Å². The van der Waals surface area contributed by atoms with Crippen molar-refractivity contribution in [2.24, 2.45) is 0 Å². The fourth-order valence-electron chi connectivity index (χ4n) is 5.22. The van der Waals surface area contributed by atoms with Gasteiger partial charge in [0, 0.05) is 68.4 Å². The number of fused-ring (bicyclic) bond motifs is 1. The Hall–Kier alpha value is -3.64. The molecule has 0 saturated carbocycles. The van der Waals surface area contributed by atoms with Gasteiger partial charge in [-0.25, -0.2) is 18.0 Å². The number of amides is 2. The number of ether oxygens (including phenoxy) is 1. The maximum atomic E-state index is 15.5. The zero-order chi connectivity index (χ0) is 27.5. The molecule has 12 heteroatoms. The summed E-state index contributed by atoms with van der Waals surface area (Å²) in [5.41, 5.74) is 2.52. The number of pyridine rings is 1. The Balaban J connectivity index is 1.51. The highest BCUT2D eigenvalue weighted by Crippen LogP contribution is 2.38. The lowest BCUT2D eigenvalue weighted by molar-refractivity contribution is 0.0652. The maximum Gasteiger partial charge on any atom is 0.317 e. The van der Waals surface area contributed by atoms with Gasteiger partial charge in [0.2, 0.25) is 0 Å². The molecule has 5 rings (SSSR count). The molecule has 1 saturated heterocycles. The highest BCUT2D eigenvalue weighted by molar-refractivity contribution is 5.75. The Morgan fingerprint density at radius 2 is 2.00 bits per heavy atom. The fourth-order valence-corrected chi connectivity index (χ4v) is 5.22. The number of aromatic nitrogens is 3. The van der Waals surface area contributed by atoms with Gasteiger partial charge in [-0.1, -0.05) is 6.07 Å². The second kappa shape index (κ2) is 11.6. The van der Waals surface area contributed by atoms with Crippen molar-refractivity contribution in [1.29, 1.82) is 0 Å². The van der Waals surface area contributed by atoms with E-state index in [2.05, 4.69) is 20.9 Å². The minimum Gasteiger partial charge on any atom is -0.381 e. The van der Waals surface area contributed by atoms with E-state index in [1.165, 1.54) is 6.20 Å². The number of urea groups is 1. The van der Waals surface area contributed by atoms with Crippen LogP contribution in [-0.4, -0.2) is 59.5 Å². The van der Waals surface area contributed by atoms with Gasteiger partial charge in [0.1, 0.15) is 5.82 Å². The molecule has 4 heterocycles. The number of alkyl halides is 2. The van der Waals surface area contributed by atoms with E-state index < -0.39 is 12.2 Å². The monoisotopic (exact) mass is 543 g/mol. The van der Waals surface area contributed by atoms with E-state index in [4.69, 9.17) is 9.84 Å². The highest BCUT2D eigenvalue weighted by atomic mass is 19.3. The molecule has 0 atom stereocenters. The third kappa shape index (κ3) is 5.57. The number of hydrogen-bond acceptors (Lipinski definition) is 6. The molecule has 9 nitrogen and oxygen atoms in total. The van der Waals surface area contributed by atoms with Crippen LogP contribution in [0, 0.1) is 5.82 Å². The van der Waals surface area contributed by atoms with Gasteiger partial charge in [-0.05, 0) is 43.7 Å². The van der Waals surface area contributed by atoms with Crippen molar-refractivity contribution in [3.63, 3.8) is 0 Å². The van der Waals surface area contributed by atoms with Crippen molar-refractivity contribution in [3.8, 4) is 11.1 Å². The van der Waals surface area contributed by atoms with E-state index >= 15 is 4.39 Å². The molecule has 39 heavy (non-hydrogen) atoms. The summed E-state index contributed by atoms with van der Waals surface area (Å²) in [4.78, 5) is 18.3. The average Bonchev–Trinajstić information content (AvgIpc) is 3.32. The summed E-state index contributed by atoms with van der Waals surface area (Å²) in [5.74, 6) is -0.336. The third-order valence-corrected chi connectivity index (χ3v) is 7.24. The zero-order valence-corrected chi connectivity index (χ0v) is 21.9. The Labute approximate surface area is 224 Å². The number of nitrogens with zero attached hydrogens (tertiary/aromatic N) is 4. The number of benzene rings is 1. The largest absolute Gasteiger partial charge is 0.381 e. The Kier molecular flexibility index (Phi) is 8.03. The number of carbonyl (C=O) groups is 1. The van der Waals surface area contributed by atoms with E-state index in [1.807, 2.05) is 4.68 Å². The lowest BCUT2D eigenvalue weighted by Gasteiger charge is -2.29. The van der Waals surface area contributed by atoms with Gasteiger partial charge in [0.25, 0.3) is 6.43 Å². The summed E-state index contributed by atoms with van der Waals surface area (Å²) in [6.07, 6.45) is 0.781. The summed E-state index contributed by atoms with van der Waals surface area (Å²) in [7, 11) is 3.35. The van der Waals surface area contributed by atoms with Crippen molar-refractivity contribution < 1.29 is 22.7 Å². The normalized spacial score (nSPS) is 15.9. The lowest BCUT2D eigenvalue weighted by atomic mass is 9.99. The summed E-state index contributed by atoms with van der Waals surface area (Å²) >= 11 is 0. The van der Waals surface area contributed by atoms with Crippen molar-refractivity contribution in [3.05, 3.63) is 58.8 Å². The van der Waals surface area contributed by atoms with E-state index in [9.17, 15) is 13.6 Å². The number of halogens is 3. The first-order valence-corrected chi connectivity index (χ1v) is 13.0. The third-order valence-electron chi connectivity index (χ3n) is 7.24. The molecule has 0 bridgehead atoms. The van der Waals surface area contributed by atoms with Gasteiger partial charge in [-0.15, -0.1) is 0 Å². The SMILES string of the molecule is CNCc1ccc(-c2cc(F)c(Nc3nn(C4CCOCC4)c4c3CN(C(=O)NC)CC4)cc2C(F)F)cn1. The molecule has 2 aromatic heterocycles. The molecule has 0 unspecified atom stereocenters. The molecule has 3 N–H and O–H groups in total. The summed E-state index contributed by atoms with van der Waals surface area (Å²) in [6, 6.07) is 5.51. The van der Waals surface area contributed by atoms with E-state index in [0.717, 1.165) is 41.9 Å². The number of anilines is 2. The van der Waals surface area contributed by atoms with Crippen LogP contribution in [0.15, 0.2) is 30.5 Å². The average molecular weight is 544 g/mol. The first kappa shape index (κ1) is 26.9. The van der Waals surface area contributed by atoms with Gasteiger partial charge in [-0.2, -0.15) is 5.10 Å². The Morgan fingerprint density at radius 1 is 1.21 bits per heavy atom. The van der Waals surface area contributed by atoms with Crippen LogP contribution in [0.1, 0.15) is 47.8 Å². The van der Waals surface area contributed by atoms with Crippen LogP contribution in [0.25, 0.3) is 11.1 Å². The first-order valence-electron chi connectivity index (χ1n) is 13.0. The van der Waals surface area contributed by atoms with E-state index in [-0.39, 0.29) is 35.4 Å². The zero-order valence-electron chi connectivity index (χ0n) is 21.9. The predicted octanol–water partition coefficient (Wildman–Crippen LogP) is 4.53. The van der Waals surface area contributed by atoms with Gasteiger partial charge >= 0.3 is 6.03 Å². The van der Waals surface area contributed by atoms with Gasteiger partial charge in [0.05, 0.1) is 24.0 Å². The predicted molar refractivity (Wildman–Crippen MR) is 141 cm³/mol. The second-order valence-corrected chi connectivity index (χ2v) is 9.70. The summed E-state index contributed by atoms with van der Waals surface area (Å²) in [5, 5.41) is 13.4. The van der Waals surface area contributed by atoms with Crippen LogP contribution in [0.4, 0.5) is 29.5 Å². The minimum absolute atomic E-state index is 0.0807. The molecule has 2 aliphatic heterocycles. The Morgan fingerprint density at radius 3 is 2.67 bits per heavy atom. The lowest BCUT2D eigenvalue weighted by Crippen LogP contribution is -2.41. The summed E-state index contributed by atoms with van der Waals surface area (Å²) in [6.45, 7) is 2.55. The van der Waals surface area contributed by atoms with Gasteiger partial charge < -0.3 is 25.6 Å². The molecular weight excluding hydrogens is 511 g/mol. The topological polar surface area (TPSA) is 96.3 Å². The smallest absolute Gasteiger partial charge is 0.317 e. The van der Waals surface area contributed by atoms with E-state index in [0.29, 0.717) is 44.1 Å². The molecule has 1 fully saturated rings. The highest BCUT2D eigenvalue weighted by Gasteiger charge is 2.31. The van der Waals surface area contributed by atoms with Gasteiger partial charge in [-0.3, -0.25) is 9.67 Å². The van der Waals surface area contributed by atoms with Crippen LogP contribution < -0.4 is 16.0 Å². The van der Waals surface area contributed by atoms with Crippen molar-refractivity contribution in [2.45, 2.75) is 44.8 Å². The van der Waals surface area contributed by atoms with Crippen LogP contribution in [0.3, 0.4) is 0 Å². The molecule has 2 amide bonds. The minimum atomic E-state index is -2.84. The number of carbonyl (C=O) groups excluding carboxylic acids is 1. The quantitative estimate of drug-likeness (QED) is 0.405. The fraction of sp³-hybridized carbons (Fsp3) is 0.444. The van der Waals surface area contributed by atoms with Crippen LogP contribution >= 0.6 is 0 Å². The van der Waals surface area contributed by atoms with Crippen LogP contribution in [-0.2, 0) is 24.2 Å². The molecule has 0 aliphatic carbocycles. The molecular formula is C27H32F3N7O2. The van der Waals surface area contributed by atoms with Gasteiger partial charge in [0.15, 0.2) is 5.82 Å².